The van der Waals surface area contributed by atoms with Crippen molar-refractivity contribution in [1.29, 1.82) is 0 Å². The second-order valence-electron chi connectivity index (χ2n) is 1.87. The van der Waals surface area contributed by atoms with Crippen LogP contribution in [0.1, 0.15) is 16.6 Å². The summed E-state index contributed by atoms with van der Waals surface area (Å²) in [7, 11) is 0. The maximum atomic E-state index is 5.53. The summed E-state index contributed by atoms with van der Waals surface area (Å²) in [6, 6.07) is -0.347. The highest BCUT2D eigenvalue weighted by Gasteiger charge is 2.08. The summed E-state index contributed by atoms with van der Waals surface area (Å²) in [6.45, 7) is 1.84. The van der Waals surface area contributed by atoms with Gasteiger partial charge in [0.05, 0.1) is 10.6 Å². The first-order chi connectivity index (χ1) is 4.75. The fourth-order valence-corrected chi connectivity index (χ4v) is 1.20. The Morgan fingerprint density at radius 3 is 2.90 bits per heavy atom. The third-order valence-electron chi connectivity index (χ3n) is 1.15. The maximum absolute atomic E-state index is 5.53. The highest BCUT2D eigenvalue weighted by atomic mass is 32.1. The molecule has 0 fully saturated rings. The molecule has 0 saturated carbocycles. The summed E-state index contributed by atoms with van der Waals surface area (Å²) < 4.78 is 3.71. The average Bonchev–Trinajstić information content (AvgIpc) is 2.34. The van der Waals surface area contributed by atoms with Crippen LogP contribution in [0.25, 0.3) is 0 Å². The molecule has 0 spiro atoms. The van der Waals surface area contributed by atoms with Crippen LogP contribution >= 0.6 is 11.5 Å². The van der Waals surface area contributed by atoms with Gasteiger partial charge in [-0.05, 0) is 18.5 Å². The molecule has 0 aliphatic heterocycles. The van der Waals surface area contributed by atoms with E-state index in [1.807, 2.05) is 6.92 Å². The van der Waals surface area contributed by atoms with Crippen molar-refractivity contribution in [3.63, 3.8) is 0 Å². The Balaban J connectivity index is 2.96. The van der Waals surface area contributed by atoms with Gasteiger partial charge in [-0.15, -0.1) is 11.5 Å². The largest absolute Gasteiger partial charge is 0.313 e. The molecule has 10 heavy (non-hydrogen) atoms. The molecule has 1 rings (SSSR count). The third-order valence-corrected chi connectivity index (χ3v) is 2.06. The van der Waals surface area contributed by atoms with Crippen molar-refractivity contribution < 1.29 is 0 Å². The van der Waals surface area contributed by atoms with Crippen LogP contribution in [0, 0.1) is 19.3 Å². The summed E-state index contributed by atoms with van der Waals surface area (Å²) in [5, 5.41) is 3.78. The average molecular weight is 153 g/mol. The van der Waals surface area contributed by atoms with Crippen molar-refractivity contribution in [2.24, 2.45) is 5.73 Å². The molecule has 1 aromatic rings. The Bertz CT molecular complexity index is 260. The zero-order chi connectivity index (χ0) is 7.56. The highest BCUT2D eigenvalue weighted by Crippen LogP contribution is 2.15. The van der Waals surface area contributed by atoms with Crippen molar-refractivity contribution in [3.8, 4) is 12.3 Å². The lowest BCUT2D eigenvalue weighted by Gasteiger charge is -1.97. The number of terminal acetylenes is 1. The monoisotopic (exact) mass is 153 g/mol. The molecule has 3 nitrogen and oxygen atoms in total. The van der Waals surface area contributed by atoms with E-state index in [-0.39, 0.29) is 6.04 Å². The van der Waals surface area contributed by atoms with E-state index in [0.29, 0.717) is 0 Å². The third kappa shape index (κ3) is 1.15. The lowest BCUT2D eigenvalue weighted by molar-refractivity contribution is 0.941. The molecule has 1 heterocycles. The lowest BCUT2D eigenvalue weighted by Crippen LogP contribution is -2.06. The van der Waals surface area contributed by atoms with Gasteiger partial charge in [-0.1, -0.05) is 10.4 Å². The second kappa shape index (κ2) is 2.78. The molecule has 1 unspecified atom stereocenters. The van der Waals surface area contributed by atoms with Gasteiger partial charge in [-0.2, -0.15) is 0 Å². The van der Waals surface area contributed by atoms with E-state index in [0.717, 1.165) is 10.6 Å². The number of aromatic nitrogens is 2. The van der Waals surface area contributed by atoms with E-state index in [4.69, 9.17) is 12.2 Å². The molecule has 52 valence electrons. The Morgan fingerprint density at radius 2 is 2.50 bits per heavy atom. The van der Waals surface area contributed by atoms with Crippen molar-refractivity contribution >= 4 is 11.5 Å². The van der Waals surface area contributed by atoms with Gasteiger partial charge in [0.25, 0.3) is 0 Å². The Hall–Kier alpha value is -0.920. The van der Waals surface area contributed by atoms with Crippen LogP contribution in [-0.2, 0) is 0 Å². The Morgan fingerprint density at radius 1 is 1.80 bits per heavy atom. The molecule has 2 N–H and O–H groups in total. The summed E-state index contributed by atoms with van der Waals surface area (Å²) in [4.78, 5) is 0.877. The van der Waals surface area contributed by atoms with E-state index in [1.54, 1.807) is 0 Å². The van der Waals surface area contributed by atoms with E-state index in [9.17, 15) is 0 Å². The molecule has 0 aliphatic carbocycles. The van der Waals surface area contributed by atoms with E-state index < -0.39 is 0 Å². The van der Waals surface area contributed by atoms with Gasteiger partial charge >= 0.3 is 0 Å². The fourth-order valence-electron chi connectivity index (χ4n) is 0.598. The quantitative estimate of drug-likeness (QED) is 0.597. The minimum absolute atomic E-state index is 0.347. The summed E-state index contributed by atoms with van der Waals surface area (Å²) in [5.74, 6) is 2.42. The maximum Gasteiger partial charge on any atom is 0.105 e. The zero-order valence-corrected chi connectivity index (χ0v) is 6.35. The highest BCUT2D eigenvalue weighted by molar-refractivity contribution is 7.05. The SMILES string of the molecule is C#CC(N)c1snnc1C. The predicted molar refractivity (Wildman–Crippen MR) is 40.4 cm³/mol. The van der Waals surface area contributed by atoms with Gasteiger partial charge < -0.3 is 5.73 Å². The molecule has 1 atom stereocenters. The van der Waals surface area contributed by atoms with Crippen LogP contribution in [0.4, 0.5) is 0 Å². The number of nitrogens with two attached hydrogens (primary N) is 1. The van der Waals surface area contributed by atoms with E-state index >= 15 is 0 Å². The normalized spacial score (nSPS) is 12.5. The second-order valence-corrected chi connectivity index (χ2v) is 2.65. The van der Waals surface area contributed by atoms with Crippen LogP contribution in [0.15, 0.2) is 0 Å². The molecular formula is C6H7N3S. The first kappa shape index (κ1) is 7.19. The Labute approximate surface area is 63.4 Å². The van der Waals surface area contributed by atoms with Crippen molar-refractivity contribution in [1.82, 2.24) is 9.59 Å². The van der Waals surface area contributed by atoms with Gasteiger partial charge in [-0.25, -0.2) is 0 Å². The summed E-state index contributed by atoms with van der Waals surface area (Å²) in [6.07, 6.45) is 5.11. The molecule has 0 bridgehead atoms. The van der Waals surface area contributed by atoms with Crippen molar-refractivity contribution in [2.45, 2.75) is 13.0 Å². The number of nitrogens with zero attached hydrogens (tertiary/aromatic N) is 2. The zero-order valence-electron chi connectivity index (χ0n) is 5.53. The van der Waals surface area contributed by atoms with Crippen LogP contribution in [0.5, 0.6) is 0 Å². The van der Waals surface area contributed by atoms with Crippen LogP contribution in [0.3, 0.4) is 0 Å². The standard InChI is InChI=1S/C6H7N3S/c1-3-5(7)6-4(2)8-9-10-6/h1,5H,7H2,2H3. The van der Waals surface area contributed by atoms with E-state index in [1.165, 1.54) is 11.5 Å². The van der Waals surface area contributed by atoms with Gasteiger partial charge in [0, 0.05) is 0 Å². The molecule has 4 heteroatoms. The number of rotatable bonds is 1. The van der Waals surface area contributed by atoms with Gasteiger partial charge in [0.1, 0.15) is 6.04 Å². The van der Waals surface area contributed by atoms with Crippen molar-refractivity contribution in [2.75, 3.05) is 0 Å². The Kier molecular flexibility index (Phi) is 2.00. The molecule has 0 aromatic carbocycles. The number of hydrogen-bond donors (Lipinski definition) is 1. The topological polar surface area (TPSA) is 51.8 Å². The molecule has 0 aliphatic rings. The molecule has 0 radical (unpaired) electrons. The van der Waals surface area contributed by atoms with Gasteiger partial charge in [0.2, 0.25) is 0 Å². The summed E-state index contributed by atoms with van der Waals surface area (Å²) >= 11 is 1.25. The molecule has 1 aromatic heterocycles. The lowest BCUT2D eigenvalue weighted by atomic mass is 10.2. The van der Waals surface area contributed by atoms with Crippen molar-refractivity contribution in [3.05, 3.63) is 10.6 Å². The minimum Gasteiger partial charge on any atom is -0.313 e. The first-order valence-electron chi connectivity index (χ1n) is 2.76. The van der Waals surface area contributed by atoms with Crippen LogP contribution < -0.4 is 5.73 Å². The molecular weight excluding hydrogens is 146 g/mol. The molecule has 0 amide bonds. The molecule has 0 saturated heterocycles. The predicted octanol–water partition coefficient (Wildman–Crippen LogP) is 0.480. The summed E-state index contributed by atoms with van der Waals surface area (Å²) in [5.41, 5.74) is 6.36. The minimum atomic E-state index is -0.347. The first-order valence-corrected chi connectivity index (χ1v) is 3.53. The van der Waals surface area contributed by atoms with E-state index in [2.05, 4.69) is 15.5 Å². The van der Waals surface area contributed by atoms with Gasteiger partial charge in [-0.3, -0.25) is 0 Å². The van der Waals surface area contributed by atoms with Crippen LogP contribution in [0.2, 0.25) is 0 Å². The number of hydrogen-bond acceptors (Lipinski definition) is 4. The van der Waals surface area contributed by atoms with Crippen LogP contribution in [-0.4, -0.2) is 9.59 Å². The smallest absolute Gasteiger partial charge is 0.105 e. The van der Waals surface area contributed by atoms with Gasteiger partial charge in [0.15, 0.2) is 0 Å². The number of aryl methyl sites for hydroxylation is 1. The fraction of sp³-hybridized carbons (Fsp3) is 0.333.